The normalized spacial score (nSPS) is 15.2. The largest absolute Gasteiger partial charge is 0.326 e. The van der Waals surface area contributed by atoms with E-state index in [0.29, 0.717) is 0 Å². The van der Waals surface area contributed by atoms with Crippen molar-refractivity contribution in [1.82, 2.24) is 14.8 Å². The minimum atomic E-state index is -0.0358. The molecule has 1 saturated heterocycles. The van der Waals surface area contributed by atoms with Gasteiger partial charge in [0.25, 0.3) is 0 Å². The first-order valence-corrected chi connectivity index (χ1v) is 11.7. The number of amides is 1. The van der Waals surface area contributed by atoms with Gasteiger partial charge < -0.3 is 10.2 Å². The van der Waals surface area contributed by atoms with Crippen molar-refractivity contribution in [2.75, 3.05) is 38.5 Å². The molecule has 1 amide bonds. The van der Waals surface area contributed by atoms with Gasteiger partial charge in [0.2, 0.25) is 5.91 Å². The summed E-state index contributed by atoms with van der Waals surface area (Å²) in [5.41, 5.74) is 6.37. The number of likely N-dealkylation sites (N-methyl/N-ethyl adjacent to an activating group) is 1. The molecule has 1 aromatic heterocycles. The van der Waals surface area contributed by atoms with Crippen LogP contribution in [0.1, 0.15) is 22.4 Å². The van der Waals surface area contributed by atoms with Gasteiger partial charge in [0.05, 0.1) is 12.1 Å². The molecule has 5 nitrogen and oxygen atoms in total. The Bertz CT molecular complexity index is 1040. The minimum absolute atomic E-state index is 0.0358. The number of benzene rings is 2. The first kappa shape index (κ1) is 21.7. The zero-order valence-electron chi connectivity index (χ0n) is 18.5. The second-order valence-corrected chi connectivity index (χ2v) is 9.32. The Morgan fingerprint density at radius 2 is 1.81 bits per heavy atom. The number of carbonyl (C=O) groups excluding carboxylic acids is 1. The van der Waals surface area contributed by atoms with Crippen LogP contribution >= 0.6 is 11.3 Å². The molecule has 0 aliphatic carbocycles. The van der Waals surface area contributed by atoms with E-state index in [0.717, 1.165) is 60.2 Å². The summed E-state index contributed by atoms with van der Waals surface area (Å²) in [6.45, 7) is 9.58. The van der Waals surface area contributed by atoms with Crippen LogP contribution in [0.4, 0.5) is 5.69 Å². The van der Waals surface area contributed by atoms with Crippen LogP contribution in [0.5, 0.6) is 0 Å². The van der Waals surface area contributed by atoms with E-state index < -0.39 is 0 Å². The molecule has 0 unspecified atom stereocenters. The fraction of sp³-hybridized carbons (Fsp3) is 0.360. The highest BCUT2D eigenvalue weighted by atomic mass is 32.1. The summed E-state index contributed by atoms with van der Waals surface area (Å²) in [7, 11) is 2.18. The zero-order valence-corrected chi connectivity index (χ0v) is 19.3. The van der Waals surface area contributed by atoms with Gasteiger partial charge in [-0.25, -0.2) is 4.98 Å². The SMILES string of the molecule is Cc1ccc(NC(=O)Cc2csc(-c3ccc(CN4CCN(C)CC4)cc3)n2)c(C)c1. The van der Waals surface area contributed by atoms with Crippen LogP contribution in [0.25, 0.3) is 10.6 Å². The molecule has 1 aliphatic rings. The molecular weight excluding hydrogens is 404 g/mol. The van der Waals surface area contributed by atoms with E-state index in [1.54, 1.807) is 11.3 Å². The van der Waals surface area contributed by atoms with Crippen molar-refractivity contribution in [3.05, 3.63) is 70.2 Å². The van der Waals surface area contributed by atoms with E-state index in [9.17, 15) is 4.79 Å². The van der Waals surface area contributed by atoms with Gasteiger partial charge in [0.1, 0.15) is 5.01 Å². The highest BCUT2D eigenvalue weighted by Gasteiger charge is 2.14. The molecule has 0 bridgehead atoms. The third-order valence-electron chi connectivity index (χ3n) is 5.75. The van der Waals surface area contributed by atoms with Crippen LogP contribution in [0.15, 0.2) is 47.8 Å². The van der Waals surface area contributed by atoms with Gasteiger partial charge in [0, 0.05) is 49.4 Å². The Labute approximate surface area is 188 Å². The Balaban J connectivity index is 1.34. The average molecular weight is 435 g/mol. The number of nitrogens with one attached hydrogen (secondary N) is 1. The third-order valence-corrected chi connectivity index (χ3v) is 6.69. The number of aromatic nitrogens is 1. The summed E-state index contributed by atoms with van der Waals surface area (Å²) in [5, 5.41) is 5.94. The van der Waals surface area contributed by atoms with E-state index in [1.165, 1.54) is 11.1 Å². The lowest BCUT2D eigenvalue weighted by Gasteiger charge is -2.32. The standard InChI is InChI=1S/C25H30N4OS/c1-18-4-9-23(19(2)14-18)27-24(30)15-22-17-31-25(26-22)21-7-5-20(6-8-21)16-29-12-10-28(3)11-13-29/h4-9,14,17H,10-13,15-16H2,1-3H3,(H,27,30). The number of aryl methyl sites for hydroxylation is 2. The first-order chi connectivity index (χ1) is 15.0. The van der Waals surface area contributed by atoms with Crippen molar-refractivity contribution < 1.29 is 4.79 Å². The monoisotopic (exact) mass is 434 g/mol. The van der Waals surface area contributed by atoms with Gasteiger partial charge in [-0.05, 0) is 38.1 Å². The fourth-order valence-electron chi connectivity index (χ4n) is 3.85. The number of anilines is 1. The molecule has 1 fully saturated rings. The average Bonchev–Trinajstić information content (AvgIpc) is 3.21. The molecule has 3 aromatic rings. The van der Waals surface area contributed by atoms with Gasteiger partial charge in [-0.2, -0.15) is 0 Å². The van der Waals surface area contributed by atoms with Gasteiger partial charge >= 0.3 is 0 Å². The van der Waals surface area contributed by atoms with Crippen LogP contribution < -0.4 is 5.32 Å². The maximum Gasteiger partial charge on any atom is 0.230 e. The molecule has 4 rings (SSSR count). The van der Waals surface area contributed by atoms with E-state index in [4.69, 9.17) is 4.98 Å². The van der Waals surface area contributed by atoms with Crippen LogP contribution in [-0.4, -0.2) is 53.9 Å². The van der Waals surface area contributed by atoms with Crippen molar-refractivity contribution in [3.63, 3.8) is 0 Å². The van der Waals surface area contributed by atoms with Gasteiger partial charge in [0.15, 0.2) is 0 Å². The molecule has 1 N–H and O–H groups in total. The Kier molecular flexibility index (Phi) is 6.80. The second-order valence-electron chi connectivity index (χ2n) is 8.46. The van der Waals surface area contributed by atoms with Crippen LogP contribution in [0, 0.1) is 13.8 Å². The zero-order chi connectivity index (χ0) is 21.8. The summed E-state index contributed by atoms with van der Waals surface area (Å²) in [4.78, 5) is 22.0. The molecule has 1 aliphatic heterocycles. The van der Waals surface area contributed by atoms with Crippen LogP contribution in [0.2, 0.25) is 0 Å². The van der Waals surface area contributed by atoms with Crippen molar-refractivity contribution in [3.8, 4) is 10.6 Å². The van der Waals surface area contributed by atoms with Gasteiger partial charge in [-0.1, -0.05) is 42.0 Å². The topological polar surface area (TPSA) is 48.5 Å². The third kappa shape index (κ3) is 5.79. The van der Waals surface area contributed by atoms with Crippen molar-refractivity contribution in [1.29, 1.82) is 0 Å². The minimum Gasteiger partial charge on any atom is -0.326 e. The molecule has 0 radical (unpaired) electrons. The van der Waals surface area contributed by atoms with Crippen LogP contribution in [-0.2, 0) is 17.8 Å². The highest BCUT2D eigenvalue weighted by Crippen LogP contribution is 2.25. The van der Waals surface area contributed by atoms with Crippen LogP contribution in [0.3, 0.4) is 0 Å². The second kappa shape index (κ2) is 9.73. The summed E-state index contributed by atoms with van der Waals surface area (Å²) in [6, 6.07) is 14.7. The summed E-state index contributed by atoms with van der Waals surface area (Å²) >= 11 is 1.59. The van der Waals surface area contributed by atoms with Gasteiger partial charge in [-0.15, -0.1) is 11.3 Å². The summed E-state index contributed by atoms with van der Waals surface area (Å²) in [6.07, 6.45) is 0.283. The number of rotatable bonds is 6. The number of nitrogens with zero attached hydrogens (tertiary/aromatic N) is 3. The maximum absolute atomic E-state index is 12.5. The number of thiazole rings is 1. The Morgan fingerprint density at radius 3 is 2.52 bits per heavy atom. The van der Waals surface area contributed by atoms with Crippen molar-refractivity contribution in [2.24, 2.45) is 0 Å². The molecule has 6 heteroatoms. The van der Waals surface area contributed by atoms with Gasteiger partial charge in [-0.3, -0.25) is 9.69 Å². The number of hydrogen-bond donors (Lipinski definition) is 1. The predicted molar refractivity (Wildman–Crippen MR) is 129 cm³/mol. The first-order valence-electron chi connectivity index (χ1n) is 10.8. The molecule has 2 heterocycles. The quantitative estimate of drug-likeness (QED) is 0.626. The molecule has 2 aromatic carbocycles. The lowest BCUT2D eigenvalue weighted by atomic mass is 10.1. The molecule has 0 atom stereocenters. The van der Waals surface area contributed by atoms with E-state index in [1.807, 2.05) is 31.4 Å². The number of hydrogen-bond acceptors (Lipinski definition) is 5. The van der Waals surface area contributed by atoms with Crippen molar-refractivity contribution >= 4 is 22.9 Å². The molecule has 0 spiro atoms. The Morgan fingerprint density at radius 1 is 1.06 bits per heavy atom. The Hall–Kier alpha value is -2.54. The highest BCUT2D eigenvalue weighted by molar-refractivity contribution is 7.13. The lowest BCUT2D eigenvalue weighted by Crippen LogP contribution is -2.43. The fourth-order valence-corrected chi connectivity index (χ4v) is 4.68. The maximum atomic E-state index is 12.5. The predicted octanol–water partition coefficient (Wildman–Crippen LogP) is 4.36. The number of carbonyl (C=O) groups is 1. The van der Waals surface area contributed by atoms with E-state index in [2.05, 4.69) is 52.5 Å². The molecule has 162 valence electrons. The number of piperazine rings is 1. The molecular formula is C25H30N4OS. The molecule has 0 saturated carbocycles. The smallest absolute Gasteiger partial charge is 0.230 e. The molecule has 31 heavy (non-hydrogen) atoms. The lowest BCUT2D eigenvalue weighted by molar-refractivity contribution is -0.115. The van der Waals surface area contributed by atoms with E-state index in [-0.39, 0.29) is 12.3 Å². The summed E-state index contributed by atoms with van der Waals surface area (Å²) in [5.74, 6) is -0.0358. The van der Waals surface area contributed by atoms with E-state index >= 15 is 0 Å². The van der Waals surface area contributed by atoms with Crippen molar-refractivity contribution in [2.45, 2.75) is 26.8 Å². The summed E-state index contributed by atoms with van der Waals surface area (Å²) < 4.78 is 0.